The Balaban J connectivity index is 1.47. The van der Waals surface area contributed by atoms with Crippen LogP contribution >= 0.6 is 21.6 Å². The molecule has 2 atom stereocenters. The number of halogens is 1. The normalized spacial score (nSPS) is 12.4. The summed E-state index contributed by atoms with van der Waals surface area (Å²) in [5.74, 6) is -1.31. The molecule has 0 radical (unpaired) electrons. The van der Waals surface area contributed by atoms with Crippen LogP contribution in [0.25, 0.3) is 0 Å². The first-order valence-electron chi connectivity index (χ1n) is 13.2. The van der Waals surface area contributed by atoms with Gasteiger partial charge in [-0.25, -0.2) is 9.37 Å². The minimum atomic E-state index is -0.938. The summed E-state index contributed by atoms with van der Waals surface area (Å²) >= 11 is 0. The van der Waals surface area contributed by atoms with E-state index in [9.17, 15) is 24.1 Å². The van der Waals surface area contributed by atoms with Gasteiger partial charge in [-0.05, 0) is 52.6 Å². The predicted molar refractivity (Wildman–Crippen MR) is 164 cm³/mol. The zero-order valence-corrected chi connectivity index (χ0v) is 24.3. The van der Waals surface area contributed by atoms with E-state index in [-0.39, 0.29) is 29.0 Å². The molecule has 216 valence electrons. The van der Waals surface area contributed by atoms with E-state index in [0.29, 0.717) is 12.1 Å². The minimum absolute atomic E-state index is 0.112. The molecule has 1 heterocycles. The van der Waals surface area contributed by atoms with Gasteiger partial charge in [0.15, 0.2) is 5.03 Å². The Morgan fingerprint density at radius 1 is 0.905 bits per heavy atom. The molecule has 3 aromatic carbocycles. The molecular weight excluding hydrogens is 575 g/mol. The third-order valence-corrected chi connectivity index (χ3v) is 9.16. The first-order valence-corrected chi connectivity index (χ1v) is 15.4. The number of nitrogens with zero attached hydrogens (tertiary/aromatic N) is 2. The molecule has 0 aliphatic heterocycles. The van der Waals surface area contributed by atoms with Crippen molar-refractivity contribution in [2.45, 2.75) is 35.6 Å². The third-order valence-electron chi connectivity index (χ3n) is 6.46. The second kappa shape index (κ2) is 15.1. The Morgan fingerprint density at radius 2 is 1.52 bits per heavy atom. The maximum absolute atomic E-state index is 13.5. The van der Waals surface area contributed by atoms with Crippen molar-refractivity contribution in [3.63, 3.8) is 0 Å². The summed E-state index contributed by atoms with van der Waals surface area (Å²) < 4.78 is 13.5. The molecule has 0 fully saturated rings. The molecule has 0 bridgehead atoms. The van der Waals surface area contributed by atoms with Crippen molar-refractivity contribution in [2.75, 3.05) is 6.54 Å². The highest BCUT2D eigenvalue weighted by Crippen LogP contribution is 2.38. The minimum Gasteiger partial charge on any atom is -0.353 e. The van der Waals surface area contributed by atoms with E-state index < -0.39 is 27.9 Å². The monoisotopic (exact) mass is 604 g/mol. The Hall–Kier alpha value is -4.22. The Morgan fingerprint density at radius 3 is 2.12 bits per heavy atom. The van der Waals surface area contributed by atoms with Crippen LogP contribution in [0.3, 0.4) is 0 Å². The average Bonchev–Trinajstić information content (AvgIpc) is 3.01. The highest BCUT2D eigenvalue weighted by molar-refractivity contribution is 8.77. The summed E-state index contributed by atoms with van der Waals surface area (Å²) in [7, 11) is 2.12. The summed E-state index contributed by atoms with van der Waals surface area (Å²) in [4.78, 5) is 41.5. The summed E-state index contributed by atoms with van der Waals surface area (Å²) in [5.41, 5.74) is 2.60. The summed E-state index contributed by atoms with van der Waals surface area (Å²) in [5, 5.41) is 16.6. The summed E-state index contributed by atoms with van der Waals surface area (Å²) in [6.45, 7) is 1.95. The molecule has 0 saturated heterocycles. The van der Waals surface area contributed by atoms with Gasteiger partial charge in [0.05, 0.1) is 10.2 Å². The molecule has 0 spiro atoms. The quantitative estimate of drug-likeness (QED) is 0.110. The molecule has 11 heteroatoms. The van der Waals surface area contributed by atoms with Crippen molar-refractivity contribution >= 4 is 39.1 Å². The van der Waals surface area contributed by atoms with Crippen LogP contribution in [0.2, 0.25) is 0 Å². The number of hydrogen-bond donors (Lipinski definition) is 2. The fourth-order valence-corrected chi connectivity index (χ4v) is 6.30. The van der Waals surface area contributed by atoms with E-state index in [4.69, 9.17) is 0 Å². The molecule has 0 aliphatic carbocycles. The topological polar surface area (TPSA) is 114 Å². The van der Waals surface area contributed by atoms with Crippen LogP contribution < -0.4 is 10.6 Å². The van der Waals surface area contributed by atoms with Gasteiger partial charge in [0.1, 0.15) is 11.9 Å². The van der Waals surface area contributed by atoms with E-state index in [1.54, 1.807) is 19.1 Å². The zero-order chi connectivity index (χ0) is 29.9. The Kier molecular flexibility index (Phi) is 11.1. The molecular formula is C31H29FN4O4S2. The van der Waals surface area contributed by atoms with Gasteiger partial charge in [-0.1, -0.05) is 83.6 Å². The van der Waals surface area contributed by atoms with Gasteiger partial charge in [-0.2, -0.15) is 0 Å². The number of amides is 2. The van der Waals surface area contributed by atoms with Crippen LogP contribution in [0, 0.1) is 15.9 Å². The van der Waals surface area contributed by atoms with Crippen molar-refractivity contribution in [1.29, 1.82) is 0 Å². The summed E-state index contributed by atoms with van der Waals surface area (Å²) in [6.07, 6.45) is 1.59. The Labute approximate surface area is 251 Å². The summed E-state index contributed by atoms with van der Waals surface area (Å²) in [6, 6.07) is 27.3. The molecule has 42 heavy (non-hydrogen) atoms. The van der Waals surface area contributed by atoms with Gasteiger partial charge in [0, 0.05) is 31.1 Å². The van der Waals surface area contributed by atoms with Crippen LogP contribution in [-0.2, 0) is 16.0 Å². The molecule has 4 rings (SSSR count). The smallest absolute Gasteiger partial charge is 0.302 e. The molecule has 1 aromatic heterocycles. The first kappa shape index (κ1) is 30.7. The number of nitrogens with one attached hydrogen (secondary N) is 2. The highest BCUT2D eigenvalue weighted by Gasteiger charge is 2.26. The van der Waals surface area contributed by atoms with E-state index in [2.05, 4.69) is 15.6 Å². The molecule has 2 amide bonds. The largest absolute Gasteiger partial charge is 0.353 e. The van der Waals surface area contributed by atoms with Crippen molar-refractivity contribution in [3.05, 3.63) is 136 Å². The number of aromatic nitrogens is 1. The number of hydrogen-bond acceptors (Lipinski definition) is 7. The lowest BCUT2D eigenvalue weighted by Crippen LogP contribution is -2.50. The predicted octanol–water partition coefficient (Wildman–Crippen LogP) is 5.93. The van der Waals surface area contributed by atoms with E-state index in [1.165, 1.54) is 30.5 Å². The number of pyridine rings is 1. The second-order valence-corrected chi connectivity index (χ2v) is 11.9. The standard InChI is InChI=1S/C31H29FN4O4S2/c1-21(41-42-31-28(36(39)40)13-8-18-33-31)29(37)35-27(19-22-14-16-25(32)17-15-22)30(38)34-20-26(23-9-4-2-5-10-23)24-11-6-3-7-12-24/h2-18,21,26-27H,19-20H2,1H3,(H,34,38)(H,35,37)/t21?,27-/m0/s1. The lowest BCUT2D eigenvalue weighted by Gasteiger charge is -2.23. The van der Waals surface area contributed by atoms with Crippen LogP contribution in [0.1, 0.15) is 29.5 Å². The van der Waals surface area contributed by atoms with Gasteiger partial charge in [-0.15, -0.1) is 0 Å². The number of benzene rings is 3. The second-order valence-electron chi connectivity index (χ2n) is 9.42. The lowest BCUT2D eigenvalue weighted by molar-refractivity contribution is -0.388. The van der Waals surface area contributed by atoms with E-state index in [0.717, 1.165) is 32.7 Å². The fourth-order valence-electron chi connectivity index (χ4n) is 4.23. The number of carbonyl (C=O) groups excluding carboxylic acids is 2. The highest BCUT2D eigenvalue weighted by atomic mass is 33.1. The first-order chi connectivity index (χ1) is 20.3. The number of rotatable bonds is 13. The third kappa shape index (κ3) is 8.64. The molecule has 0 saturated carbocycles. The number of nitro groups is 1. The SMILES string of the molecule is CC(SSc1ncccc1[N+](=O)[O-])C(=O)N[C@@H](Cc1ccc(F)cc1)C(=O)NCC(c1ccccc1)c1ccccc1. The van der Waals surface area contributed by atoms with Gasteiger partial charge < -0.3 is 10.6 Å². The van der Waals surface area contributed by atoms with E-state index >= 15 is 0 Å². The van der Waals surface area contributed by atoms with Gasteiger partial charge in [0.2, 0.25) is 11.8 Å². The maximum atomic E-state index is 13.5. The maximum Gasteiger partial charge on any atom is 0.302 e. The Bertz CT molecular complexity index is 1450. The van der Waals surface area contributed by atoms with E-state index in [1.807, 2.05) is 60.7 Å². The van der Waals surface area contributed by atoms with Crippen LogP contribution in [0.5, 0.6) is 0 Å². The van der Waals surface area contributed by atoms with Crippen molar-refractivity contribution in [1.82, 2.24) is 15.6 Å². The van der Waals surface area contributed by atoms with Crippen LogP contribution in [0.15, 0.2) is 108 Å². The lowest BCUT2D eigenvalue weighted by atomic mass is 9.91. The molecule has 4 aromatic rings. The molecule has 1 unspecified atom stereocenters. The molecule has 8 nitrogen and oxygen atoms in total. The molecule has 2 N–H and O–H groups in total. The van der Waals surface area contributed by atoms with Crippen LogP contribution in [0.4, 0.5) is 10.1 Å². The molecule has 0 aliphatic rings. The van der Waals surface area contributed by atoms with Gasteiger partial charge in [0.25, 0.3) is 0 Å². The fraction of sp³-hybridized carbons (Fsp3) is 0.194. The van der Waals surface area contributed by atoms with Crippen LogP contribution in [-0.4, -0.2) is 39.6 Å². The van der Waals surface area contributed by atoms with Gasteiger partial charge in [-0.3, -0.25) is 19.7 Å². The average molecular weight is 605 g/mol. The van der Waals surface area contributed by atoms with Gasteiger partial charge >= 0.3 is 5.69 Å². The zero-order valence-electron chi connectivity index (χ0n) is 22.7. The van der Waals surface area contributed by atoms with Crippen molar-refractivity contribution < 1.29 is 18.9 Å². The number of carbonyl (C=O) groups is 2. The van der Waals surface area contributed by atoms with Crippen molar-refractivity contribution in [3.8, 4) is 0 Å². The van der Waals surface area contributed by atoms with Crippen molar-refractivity contribution in [2.24, 2.45) is 0 Å².